The molecule has 0 saturated carbocycles. The molecule has 4 nitrogen and oxygen atoms in total. The first kappa shape index (κ1) is 18.8. The van der Waals surface area contributed by atoms with Gasteiger partial charge in [-0.3, -0.25) is 9.88 Å². The highest BCUT2D eigenvalue weighted by molar-refractivity contribution is 5.82. The molecule has 1 aromatic heterocycles. The van der Waals surface area contributed by atoms with Gasteiger partial charge in [-0.15, -0.1) is 0 Å². The molecule has 4 heteroatoms. The Bertz CT molecular complexity index is 1160. The topological polar surface area (TPSA) is 45.6 Å². The van der Waals surface area contributed by atoms with E-state index in [1.165, 1.54) is 16.3 Å². The van der Waals surface area contributed by atoms with Crippen LogP contribution in [0.5, 0.6) is 5.75 Å². The summed E-state index contributed by atoms with van der Waals surface area (Å²) in [6.07, 6.45) is 2.73. The summed E-state index contributed by atoms with van der Waals surface area (Å²) in [6, 6.07) is 24.8. The average Bonchev–Trinajstić information content (AvgIpc) is 3.00. The summed E-state index contributed by atoms with van der Waals surface area (Å²) in [5.41, 5.74) is 4.05. The maximum absolute atomic E-state index is 10.8. The van der Waals surface area contributed by atoms with Crippen LogP contribution < -0.4 is 4.74 Å². The Kier molecular flexibility index (Phi) is 5.18. The van der Waals surface area contributed by atoms with Gasteiger partial charge in [0, 0.05) is 43.2 Å². The molecule has 30 heavy (non-hydrogen) atoms. The summed E-state index contributed by atoms with van der Waals surface area (Å²) in [4.78, 5) is 6.52. The lowest BCUT2D eigenvalue weighted by molar-refractivity contribution is 0.218. The third-order valence-corrected chi connectivity index (χ3v) is 5.68. The lowest BCUT2D eigenvalue weighted by atomic mass is 10.00. The Morgan fingerprint density at radius 2 is 1.83 bits per heavy atom. The second-order valence-electron chi connectivity index (χ2n) is 7.80. The average molecular weight is 396 g/mol. The Hall–Kier alpha value is -3.21. The Morgan fingerprint density at radius 1 is 0.933 bits per heavy atom. The van der Waals surface area contributed by atoms with Crippen LogP contribution in [-0.4, -0.2) is 28.1 Å². The molecule has 4 aromatic rings. The smallest absolute Gasteiger partial charge is 0.123 e. The number of fused-ring (bicyclic) bond motifs is 2. The maximum atomic E-state index is 10.8. The molecular weight excluding hydrogens is 372 g/mol. The van der Waals surface area contributed by atoms with E-state index in [-0.39, 0.29) is 0 Å². The number of hydrogen-bond donors (Lipinski definition) is 1. The summed E-state index contributed by atoms with van der Waals surface area (Å²) >= 11 is 0. The fourth-order valence-electron chi connectivity index (χ4n) is 4.10. The lowest BCUT2D eigenvalue weighted by Gasteiger charge is -2.20. The molecular formula is C26H24N2O2. The van der Waals surface area contributed by atoms with Gasteiger partial charge in [0.05, 0.1) is 0 Å². The molecule has 1 atom stereocenters. The molecule has 1 N–H and O–H groups in total. The third kappa shape index (κ3) is 3.92. The van der Waals surface area contributed by atoms with Crippen molar-refractivity contribution in [1.82, 2.24) is 9.88 Å². The van der Waals surface area contributed by atoms with Gasteiger partial charge in [-0.05, 0) is 46.2 Å². The number of ether oxygens (including phenoxy) is 1. The number of aromatic nitrogens is 1. The maximum Gasteiger partial charge on any atom is 0.123 e. The van der Waals surface area contributed by atoms with E-state index >= 15 is 0 Å². The van der Waals surface area contributed by atoms with E-state index in [1.54, 1.807) is 12.4 Å². The quantitative estimate of drug-likeness (QED) is 0.543. The minimum atomic E-state index is -0.693. The van der Waals surface area contributed by atoms with E-state index in [0.29, 0.717) is 6.61 Å². The van der Waals surface area contributed by atoms with Gasteiger partial charge < -0.3 is 9.84 Å². The molecule has 0 aliphatic carbocycles. The van der Waals surface area contributed by atoms with Crippen molar-refractivity contribution in [2.24, 2.45) is 0 Å². The van der Waals surface area contributed by atoms with Crippen molar-refractivity contribution in [3.05, 3.63) is 107 Å². The summed E-state index contributed by atoms with van der Waals surface area (Å²) < 4.78 is 5.99. The van der Waals surface area contributed by atoms with Gasteiger partial charge in [0.15, 0.2) is 0 Å². The molecule has 1 unspecified atom stereocenters. The van der Waals surface area contributed by atoms with Gasteiger partial charge in [0.1, 0.15) is 18.5 Å². The van der Waals surface area contributed by atoms with Crippen LogP contribution in [-0.2, 0) is 13.1 Å². The molecule has 0 fully saturated rings. The van der Waals surface area contributed by atoms with Gasteiger partial charge in [-0.1, -0.05) is 48.5 Å². The van der Waals surface area contributed by atoms with Gasteiger partial charge in [-0.25, -0.2) is 0 Å². The van der Waals surface area contributed by atoms with Crippen LogP contribution in [0.2, 0.25) is 0 Å². The molecule has 0 radical (unpaired) electrons. The number of nitrogens with zero attached hydrogens (tertiary/aromatic N) is 2. The molecule has 0 bridgehead atoms. The normalized spacial score (nSPS) is 15.2. The number of hydrogen-bond acceptors (Lipinski definition) is 4. The van der Waals surface area contributed by atoms with Crippen LogP contribution in [0.25, 0.3) is 10.8 Å². The molecule has 1 aliphatic heterocycles. The van der Waals surface area contributed by atoms with Gasteiger partial charge in [0.25, 0.3) is 0 Å². The largest absolute Gasteiger partial charge is 0.492 e. The van der Waals surface area contributed by atoms with Crippen LogP contribution in [0.4, 0.5) is 0 Å². The molecule has 0 amide bonds. The fraction of sp³-hybridized carbons (Fsp3) is 0.192. The molecule has 1 aliphatic rings. The first-order valence-corrected chi connectivity index (χ1v) is 10.3. The Labute approximate surface area is 176 Å². The summed E-state index contributed by atoms with van der Waals surface area (Å²) in [6.45, 7) is 3.17. The fourth-order valence-corrected chi connectivity index (χ4v) is 4.10. The zero-order chi connectivity index (χ0) is 20.3. The number of pyridine rings is 1. The predicted molar refractivity (Wildman–Crippen MR) is 118 cm³/mol. The van der Waals surface area contributed by atoms with Crippen LogP contribution in [0.3, 0.4) is 0 Å². The minimum absolute atomic E-state index is 0.658. The van der Waals surface area contributed by atoms with Crippen LogP contribution >= 0.6 is 0 Å². The van der Waals surface area contributed by atoms with Crippen molar-refractivity contribution in [2.45, 2.75) is 19.2 Å². The second kappa shape index (κ2) is 8.27. The SMILES string of the molecule is OC(c1cccnc1)c1ccc2c(c1)CN(Cc1ccc3ccccc3c1)CCO2. The molecule has 2 heterocycles. The molecule has 0 saturated heterocycles. The standard InChI is InChI=1S/C26H24N2O2/c29-26(23-6-3-11-27-16-23)22-9-10-25-24(15-22)18-28(12-13-30-25)17-19-7-8-20-4-1-2-5-21(20)14-19/h1-11,14-16,26,29H,12-13,17-18H2. The van der Waals surface area contributed by atoms with Crippen molar-refractivity contribution < 1.29 is 9.84 Å². The van der Waals surface area contributed by atoms with Crippen molar-refractivity contribution in [3.8, 4) is 5.75 Å². The zero-order valence-electron chi connectivity index (χ0n) is 16.7. The summed E-state index contributed by atoms with van der Waals surface area (Å²) in [5.74, 6) is 0.901. The monoisotopic (exact) mass is 396 g/mol. The van der Waals surface area contributed by atoms with Gasteiger partial charge in [-0.2, -0.15) is 0 Å². The van der Waals surface area contributed by atoms with E-state index in [1.807, 2.05) is 24.3 Å². The number of benzene rings is 3. The van der Waals surface area contributed by atoms with Crippen molar-refractivity contribution in [2.75, 3.05) is 13.2 Å². The number of rotatable bonds is 4. The highest BCUT2D eigenvalue weighted by atomic mass is 16.5. The molecule has 0 spiro atoms. The Morgan fingerprint density at radius 3 is 2.70 bits per heavy atom. The van der Waals surface area contributed by atoms with Gasteiger partial charge >= 0.3 is 0 Å². The van der Waals surface area contributed by atoms with E-state index in [4.69, 9.17) is 4.74 Å². The second-order valence-corrected chi connectivity index (χ2v) is 7.80. The van der Waals surface area contributed by atoms with Crippen LogP contribution in [0.15, 0.2) is 85.2 Å². The zero-order valence-corrected chi connectivity index (χ0v) is 16.7. The highest BCUT2D eigenvalue weighted by Gasteiger charge is 2.19. The third-order valence-electron chi connectivity index (χ3n) is 5.68. The predicted octanol–water partition coefficient (Wildman–Crippen LogP) is 4.71. The van der Waals surface area contributed by atoms with Crippen LogP contribution in [0.1, 0.15) is 28.4 Å². The van der Waals surface area contributed by atoms with Gasteiger partial charge in [0.2, 0.25) is 0 Å². The number of aliphatic hydroxyl groups is 1. The first-order chi connectivity index (χ1) is 14.8. The molecule has 150 valence electrons. The molecule has 5 rings (SSSR count). The highest BCUT2D eigenvalue weighted by Crippen LogP contribution is 2.30. The van der Waals surface area contributed by atoms with Crippen molar-refractivity contribution in [3.63, 3.8) is 0 Å². The Balaban J connectivity index is 1.38. The van der Waals surface area contributed by atoms with Crippen molar-refractivity contribution >= 4 is 10.8 Å². The first-order valence-electron chi connectivity index (χ1n) is 10.3. The van der Waals surface area contributed by atoms with E-state index in [0.717, 1.165) is 42.1 Å². The van der Waals surface area contributed by atoms with E-state index in [9.17, 15) is 5.11 Å². The van der Waals surface area contributed by atoms with Crippen LogP contribution in [0, 0.1) is 0 Å². The van der Waals surface area contributed by atoms with E-state index < -0.39 is 6.10 Å². The van der Waals surface area contributed by atoms with E-state index in [2.05, 4.69) is 58.4 Å². The lowest BCUT2D eigenvalue weighted by Crippen LogP contribution is -2.25. The molecule has 3 aromatic carbocycles. The number of aliphatic hydroxyl groups excluding tert-OH is 1. The van der Waals surface area contributed by atoms with Crippen molar-refractivity contribution in [1.29, 1.82) is 0 Å². The summed E-state index contributed by atoms with van der Waals surface area (Å²) in [5, 5.41) is 13.3. The minimum Gasteiger partial charge on any atom is -0.492 e. The summed E-state index contributed by atoms with van der Waals surface area (Å²) in [7, 11) is 0.